The Hall–Kier alpha value is -1.20. The second kappa shape index (κ2) is 5.43. The second-order valence-corrected chi connectivity index (χ2v) is 7.16. The smallest absolute Gasteiger partial charge is 0.231 e. The first-order valence-electron chi connectivity index (χ1n) is 6.51. The average molecular weight is 292 g/mol. The summed E-state index contributed by atoms with van der Waals surface area (Å²) in [6, 6.07) is 3.95. The lowest BCUT2D eigenvalue weighted by molar-refractivity contribution is -0.115. The molecule has 0 saturated heterocycles. The van der Waals surface area contributed by atoms with Crippen LogP contribution < -0.4 is 5.32 Å². The number of nitrogens with one attached hydrogen (secondary N) is 1. The third kappa shape index (κ3) is 3.04. The fraction of sp³-hybridized carbons (Fsp3) is 0.429. The molecular formula is C14H16N2OS2. The topological polar surface area (TPSA) is 42.0 Å². The van der Waals surface area contributed by atoms with Crippen LogP contribution in [0, 0.1) is 5.92 Å². The molecule has 1 N–H and O–H groups in total. The fourth-order valence-corrected chi connectivity index (χ4v) is 4.22. The van der Waals surface area contributed by atoms with Crippen molar-refractivity contribution >= 4 is 33.7 Å². The maximum atomic E-state index is 11.9. The van der Waals surface area contributed by atoms with E-state index in [0.717, 1.165) is 28.8 Å². The van der Waals surface area contributed by atoms with E-state index in [9.17, 15) is 4.79 Å². The normalized spacial score (nSPS) is 18.1. The molecule has 100 valence electrons. The van der Waals surface area contributed by atoms with Crippen LogP contribution in [0.4, 0.5) is 5.13 Å². The number of hydrogen-bond donors (Lipinski definition) is 1. The van der Waals surface area contributed by atoms with Gasteiger partial charge in [-0.05, 0) is 36.6 Å². The van der Waals surface area contributed by atoms with Crippen LogP contribution in [0.2, 0.25) is 0 Å². The van der Waals surface area contributed by atoms with Gasteiger partial charge in [0.1, 0.15) is 0 Å². The molecule has 0 radical (unpaired) electrons. The van der Waals surface area contributed by atoms with E-state index in [4.69, 9.17) is 0 Å². The summed E-state index contributed by atoms with van der Waals surface area (Å²) >= 11 is 3.25. The van der Waals surface area contributed by atoms with Crippen LogP contribution in [0.3, 0.4) is 0 Å². The summed E-state index contributed by atoms with van der Waals surface area (Å²) in [4.78, 5) is 18.9. The number of aromatic nitrogens is 1. The van der Waals surface area contributed by atoms with Crippen LogP contribution in [-0.2, 0) is 24.1 Å². The maximum absolute atomic E-state index is 11.9. The number of rotatable bonds is 3. The zero-order chi connectivity index (χ0) is 13.2. The van der Waals surface area contributed by atoms with E-state index in [0.29, 0.717) is 6.42 Å². The Morgan fingerprint density at radius 1 is 1.58 bits per heavy atom. The first kappa shape index (κ1) is 12.8. The van der Waals surface area contributed by atoms with Crippen molar-refractivity contribution in [2.75, 3.05) is 5.32 Å². The molecule has 1 aliphatic carbocycles. The molecule has 0 fully saturated rings. The van der Waals surface area contributed by atoms with Gasteiger partial charge < -0.3 is 5.32 Å². The van der Waals surface area contributed by atoms with Gasteiger partial charge in [-0.1, -0.05) is 13.0 Å². The van der Waals surface area contributed by atoms with Crippen LogP contribution in [0.1, 0.15) is 28.8 Å². The number of carbonyl (C=O) groups is 1. The van der Waals surface area contributed by atoms with E-state index in [2.05, 4.69) is 17.2 Å². The number of amides is 1. The standard InChI is InChI=1S/C14H16N2OS2/c1-9-4-5-11-12(7-9)19-14(15-11)16-13(17)8-10-3-2-6-18-10/h2-3,6,9H,4-5,7-8H2,1H3,(H,15,16,17)/t9-/m1/s1. The molecule has 0 spiro atoms. The lowest BCUT2D eigenvalue weighted by Crippen LogP contribution is -2.13. The number of anilines is 1. The fourth-order valence-electron chi connectivity index (χ4n) is 2.33. The SMILES string of the molecule is C[C@@H]1CCc2nc(NC(=O)Cc3cccs3)sc2C1. The van der Waals surface area contributed by atoms with Crippen LogP contribution in [0.15, 0.2) is 17.5 Å². The van der Waals surface area contributed by atoms with E-state index in [-0.39, 0.29) is 5.91 Å². The van der Waals surface area contributed by atoms with Crippen molar-refractivity contribution in [1.82, 2.24) is 4.98 Å². The summed E-state index contributed by atoms with van der Waals surface area (Å²) in [5.74, 6) is 0.768. The molecular weight excluding hydrogens is 276 g/mol. The molecule has 0 saturated carbocycles. The molecule has 1 atom stereocenters. The van der Waals surface area contributed by atoms with Crippen molar-refractivity contribution in [3.05, 3.63) is 33.0 Å². The summed E-state index contributed by atoms with van der Waals surface area (Å²) in [7, 11) is 0. The zero-order valence-corrected chi connectivity index (χ0v) is 12.4. The minimum absolute atomic E-state index is 0.0293. The Morgan fingerprint density at radius 3 is 3.26 bits per heavy atom. The Balaban J connectivity index is 1.65. The van der Waals surface area contributed by atoms with Gasteiger partial charge in [0, 0.05) is 9.75 Å². The highest BCUT2D eigenvalue weighted by Gasteiger charge is 2.20. The first-order valence-corrected chi connectivity index (χ1v) is 8.21. The maximum Gasteiger partial charge on any atom is 0.231 e. The third-order valence-electron chi connectivity index (χ3n) is 3.35. The molecule has 3 rings (SSSR count). The van der Waals surface area contributed by atoms with Gasteiger partial charge in [-0.3, -0.25) is 4.79 Å². The van der Waals surface area contributed by atoms with E-state index in [1.165, 1.54) is 17.0 Å². The molecule has 2 aromatic rings. The lowest BCUT2D eigenvalue weighted by Gasteiger charge is -2.15. The molecule has 0 unspecified atom stereocenters. The van der Waals surface area contributed by atoms with Crippen molar-refractivity contribution in [2.24, 2.45) is 5.92 Å². The monoisotopic (exact) mass is 292 g/mol. The highest BCUT2D eigenvalue weighted by molar-refractivity contribution is 7.15. The quantitative estimate of drug-likeness (QED) is 0.940. The summed E-state index contributed by atoms with van der Waals surface area (Å²) in [5.41, 5.74) is 1.19. The van der Waals surface area contributed by atoms with Gasteiger partial charge in [-0.2, -0.15) is 0 Å². The van der Waals surface area contributed by atoms with Gasteiger partial charge in [0.15, 0.2) is 5.13 Å². The molecule has 1 aliphatic rings. The van der Waals surface area contributed by atoms with Crippen LogP contribution in [0.5, 0.6) is 0 Å². The van der Waals surface area contributed by atoms with Crippen molar-refractivity contribution in [2.45, 2.75) is 32.6 Å². The summed E-state index contributed by atoms with van der Waals surface area (Å²) in [6.07, 6.45) is 3.80. The Labute approximate surface area is 120 Å². The Morgan fingerprint density at radius 2 is 2.47 bits per heavy atom. The predicted octanol–water partition coefficient (Wildman–Crippen LogP) is 3.51. The van der Waals surface area contributed by atoms with E-state index in [1.807, 2.05) is 17.5 Å². The molecule has 2 aromatic heterocycles. The van der Waals surface area contributed by atoms with Gasteiger partial charge in [0.2, 0.25) is 5.91 Å². The summed E-state index contributed by atoms with van der Waals surface area (Å²) in [5, 5.41) is 5.68. The predicted molar refractivity (Wildman–Crippen MR) is 80.0 cm³/mol. The Bertz CT molecular complexity index is 574. The number of nitrogens with zero attached hydrogens (tertiary/aromatic N) is 1. The molecule has 5 heteroatoms. The molecule has 0 aromatic carbocycles. The van der Waals surface area contributed by atoms with Gasteiger partial charge >= 0.3 is 0 Å². The second-order valence-electron chi connectivity index (χ2n) is 5.04. The van der Waals surface area contributed by atoms with Crippen molar-refractivity contribution < 1.29 is 4.79 Å². The van der Waals surface area contributed by atoms with Crippen LogP contribution >= 0.6 is 22.7 Å². The summed E-state index contributed by atoms with van der Waals surface area (Å²) < 4.78 is 0. The van der Waals surface area contributed by atoms with Crippen molar-refractivity contribution in [3.8, 4) is 0 Å². The molecule has 0 bridgehead atoms. The largest absolute Gasteiger partial charge is 0.302 e. The van der Waals surface area contributed by atoms with Gasteiger partial charge in [-0.15, -0.1) is 22.7 Å². The number of hydrogen-bond acceptors (Lipinski definition) is 4. The van der Waals surface area contributed by atoms with Crippen molar-refractivity contribution in [1.29, 1.82) is 0 Å². The third-order valence-corrected chi connectivity index (χ3v) is 5.26. The highest BCUT2D eigenvalue weighted by atomic mass is 32.1. The molecule has 0 aliphatic heterocycles. The lowest BCUT2D eigenvalue weighted by atomic mass is 9.93. The molecule has 3 nitrogen and oxygen atoms in total. The number of thiophene rings is 1. The van der Waals surface area contributed by atoms with Gasteiger partial charge in [0.05, 0.1) is 12.1 Å². The molecule has 2 heterocycles. The first-order chi connectivity index (χ1) is 9.20. The highest BCUT2D eigenvalue weighted by Crippen LogP contribution is 2.32. The average Bonchev–Trinajstić information content (AvgIpc) is 2.97. The van der Waals surface area contributed by atoms with Gasteiger partial charge in [0.25, 0.3) is 0 Å². The minimum Gasteiger partial charge on any atom is -0.302 e. The zero-order valence-electron chi connectivity index (χ0n) is 10.8. The van der Waals surface area contributed by atoms with Gasteiger partial charge in [-0.25, -0.2) is 4.98 Å². The number of thiazole rings is 1. The van der Waals surface area contributed by atoms with Crippen LogP contribution in [-0.4, -0.2) is 10.9 Å². The molecule has 19 heavy (non-hydrogen) atoms. The van der Waals surface area contributed by atoms with Crippen molar-refractivity contribution in [3.63, 3.8) is 0 Å². The Kier molecular flexibility index (Phi) is 3.66. The van der Waals surface area contributed by atoms with E-state index < -0.39 is 0 Å². The van der Waals surface area contributed by atoms with E-state index >= 15 is 0 Å². The minimum atomic E-state index is 0.0293. The van der Waals surface area contributed by atoms with Crippen LogP contribution in [0.25, 0.3) is 0 Å². The summed E-state index contributed by atoms with van der Waals surface area (Å²) in [6.45, 7) is 2.28. The number of fused-ring (bicyclic) bond motifs is 1. The number of carbonyl (C=O) groups excluding carboxylic acids is 1. The molecule has 1 amide bonds. The van der Waals surface area contributed by atoms with E-state index in [1.54, 1.807) is 22.7 Å². The number of aryl methyl sites for hydroxylation is 1.